The Labute approximate surface area is 89.0 Å². The van der Waals surface area contributed by atoms with Crippen molar-refractivity contribution in [1.29, 1.82) is 0 Å². The van der Waals surface area contributed by atoms with Crippen molar-refractivity contribution < 1.29 is 14.3 Å². The Kier molecular flexibility index (Phi) is 3.02. The van der Waals surface area contributed by atoms with E-state index in [-0.39, 0.29) is 18.0 Å². The average molecular weight is 206 g/mol. The molecule has 1 aromatic carbocycles. The third-order valence-corrected chi connectivity index (χ3v) is 2.72. The molecule has 2 atom stereocenters. The first-order chi connectivity index (χ1) is 7.33. The van der Waals surface area contributed by atoms with Gasteiger partial charge in [-0.05, 0) is 12.0 Å². The molecule has 0 aromatic heterocycles. The van der Waals surface area contributed by atoms with E-state index in [0.29, 0.717) is 6.61 Å². The molecule has 0 aliphatic carbocycles. The Hall–Kier alpha value is -1.35. The SMILES string of the molecule is COC(=O)[C@@H]1CCO[C@H]1c1ccccc1. The van der Waals surface area contributed by atoms with E-state index in [2.05, 4.69) is 0 Å². The van der Waals surface area contributed by atoms with Crippen LogP contribution in [0.5, 0.6) is 0 Å². The second-order valence-electron chi connectivity index (χ2n) is 3.62. The minimum Gasteiger partial charge on any atom is -0.469 e. The van der Waals surface area contributed by atoms with Crippen LogP contribution in [-0.2, 0) is 14.3 Å². The van der Waals surface area contributed by atoms with Crippen LogP contribution in [0, 0.1) is 5.92 Å². The largest absolute Gasteiger partial charge is 0.469 e. The van der Waals surface area contributed by atoms with Crippen molar-refractivity contribution in [2.24, 2.45) is 5.92 Å². The molecule has 1 saturated heterocycles. The molecule has 1 aliphatic heterocycles. The van der Waals surface area contributed by atoms with Crippen LogP contribution in [0.4, 0.5) is 0 Å². The fourth-order valence-electron chi connectivity index (χ4n) is 1.95. The van der Waals surface area contributed by atoms with Crippen molar-refractivity contribution >= 4 is 5.97 Å². The first-order valence-corrected chi connectivity index (χ1v) is 5.07. The van der Waals surface area contributed by atoms with Gasteiger partial charge in [-0.25, -0.2) is 0 Å². The molecule has 0 N–H and O–H groups in total. The molecule has 1 aromatic rings. The molecule has 0 spiro atoms. The lowest BCUT2D eigenvalue weighted by molar-refractivity contribution is -0.147. The zero-order valence-electron chi connectivity index (χ0n) is 8.68. The predicted octanol–water partition coefficient (Wildman–Crippen LogP) is 1.94. The van der Waals surface area contributed by atoms with Crippen LogP contribution in [0.2, 0.25) is 0 Å². The highest BCUT2D eigenvalue weighted by Crippen LogP contribution is 2.34. The second-order valence-corrected chi connectivity index (χ2v) is 3.62. The second kappa shape index (κ2) is 4.45. The first-order valence-electron chi connectivity index (χ1n) is 5.07. The van der Waals surface area contributed by atoms with Crippen LogP contribution < -0.4 is 0 Å². The fraction of sp³-hybridized carbons (Fsp3) is 0.417. The van der Waals surface area contributed by atoms with Gasteiger partial charge in [0.25, 0.3) is 0 Å². The summed E-state index contributed by atoms with van der Waals surface area (Å²) in [7, 11) is 1.42. The quantitative estimate of drug-likeness (QED) is 0.694. The maximum atomic E-state index is 11.5. The molecular formula is C12H14O3. The molecule has 1 heterocycles. The highest BCUT2D eigenvalue weighted by atomic mass is 16.5. The Bertz CT molecular complexity index is 334. The van der Waals surface area contributed by atoms with Gasteiger partial charge in [0, 0.05) is 6.61 Å². The van der Waals surface area contributed by atoms with E-state index >= 15 is 0 Å². The normalized spacial score (nSPS) is 25.1. The molecule has 0 amide bonds. The smallest absolute Gasteiger partial charge is 0.311 e. The zero-order chi connectivity index (χ0) is 10.7. The summed E-state index contributed by atoms with van der Waals surface area (Å²) < 4.78 is 10.3. The molecule has 3 heteroatoms. The molecule has 2 rings (SSSR count). The van der Waals surface area contributed by atoms with E-state index in [1.165, 1.54) is 7.11 Å². The predicted molar refractivity (Wildman–Crippen MR) is 55.3 cm³/mol. The highest BCUT2D eigenvalue weighted by Gasteiger charge is 2.35. The number of hydrogen-bond donors (Lipinski definition) is 0. The summed E-state index contributed by atoms with van der Waals surface area (Å²) in [6.07, 6.45) is 0.602. The van der Waals surface area contributed by atoms with E-state index < -0.39 is 0 Å². The molecule has 3 nitrogen and oxygen atoms in total. The van der Waals surface area contributed by atoms with E-state index in [1.807, 2.05) is 30.3 Å². The molecule has 0 bridgehead atoms. The minimum absolute atomic E-state index is 0.140. The molecule has 15 heavy (non-hydrogen) atoms. The van der Waals surface area contributed by atoms with Crippen LogP contribution >= 0.6 is 0 Å². The van der Waals surface area contributed by atoms with Gasteiger partial charge in [0.1, 0.15) is 0 Å². The maximum absolute atomic E-state index is 11.5. The van der Waals surface area contributed by atoms with Crippen molar-refractivity contribution in [2.75, 3.05) is 13.7 Å². The third kappa shape index (κ3) is 2.02. The maximum Gasteiger partial charge on any atom is 0.311 e. The summed E-state index contributed by atoms with van der Waals surface area (Å²) >= 11 is 0. The van der Waals surface area contributed by atoms with Crippen LogP contribution in [0.3, 0.4) is 0 Å². The number of ether oxygens (including phenoxy) is 2. The van der Waals surface area contributed by atoms with Gasteiger partial charge < -0.3 is 9.47 Å². The van der Waals surface area contributed by atoms with Crippen molar-refractivity contribution in [3.8, 4) is 0 Å². The van der Waals surface area contributed by atoms with Gasteiger partial charge in [-0.3, -0.25) is 4.79 Å². The van der Waals surface area contributed by atoms with E-state index in [0.717, 1.165) is 12.0 Å². The number of rotatable bonds is 2. The van der Waals surface area contributed by atoms with Gasteiger partial charge in [0.2, 0.25) is 0 Å². The van der Waals surface area contributed by atoms with Gasteiger partial charge in [0.15, 0.2) is 0 Å². The van der Waals surface area contributed by atoms with Crippen molar-refractivity contribution in [3.05, 3.63) is 35.9 Å². The molecular weight excluding hydrogens is 192 g/mol. The van der Waals surface area contributed by atoms with Gasteiger partial charge in [-0.15, -0.1) is 0 Å². The highest BCUT2D eigenvalue weighted by molar-refractivity contribution is 5.73. The van der Waals surface area contributed by atoms with Crippen molar-refractivity contribution in [3.63, 3.8) is 0 Å². The van der Waals surface area contributed by atoms with E-state index in [1.54, 1.807) is 0 Å². The Balaban J connectivity index is 2.18. The third-order valence-electron chi connectivity index (χ3n) is 2.72. The standard InChI is InChI=1S/C12H14O3/c1-14-12(13)10-7-8-15-11(10)9-5-3-2-4-6-9/h2-6,10-11H,7-8H2,1H3/t10-,11+/m1/s1. The summed E-state index contributed by atoms with van der Waals surface area (Å²) in [5.41, 5.74) is 1.05. The summed E-state index contributed by atoms with van der Waals surface area (Å²) in [5.74, 6) is -0.334. The molecule has 0 radical (unpaired) electrons. The number of carbonyl (C=O) groups excluding carboxylic acids is 1. The summed E-state index contributed by atoms with van der Waals surface area (Å²) in [6.45, 7) is 0.624. The summed E-state index contributed by atoms with van der Waals surface area (Å²) in [5, 5.41) is 0. The number of carbonyl (C=O) groups is 1. The van der Waals surface area contributed by atoms with E-state index in [9.17, 15) is 4.79 Å². The van der Waals surface area contributed by atoms with Crippen LogP contribution in [-0.4, -0.2) is 19.7 Å². The Morgan fingerprint density at radius 2 is 2.13 bits per heavy atom. The fourth-order valence-corrected chi connectivity index (χ4v) is 1.95. The molecule has 0 saturated carbocycles. The van der Waals surface area contributed by atoms with Gasteiger partial charge >= 0.3 is 5.97 Å². The van der Waals surface area contributed by atoms with Gasteiger partial charge in [0.05, 0.1) is 19.1 Å². The van der Waals surface area contributed by atoms with Crippen LogP contribution in [0.25, 0.3) is 0 Å². The molecule has 1 aliphatic rings. The summed E-state index contributed by atoms with van der Waals surface area (Å²) in [6, 6.07) is 9.81. The van der Waals surface area contributed by atoms with Crippen molar-refractivity contribution in [1.82, 2.24) is 0 Å². The first kappa shape index (κ1) is 10.2. The Morgan fingerprint density at radius 1 is 1.40 bits per heavy atom. The summed E-state index contributed by atoms with van der Waals surface area (Å²) in [4.78, 5) is 11.5. The van der Waals surface area contributed by atoms with Crippen LogP contribution in [0.15, 0.2) is 30.3 Å². The average Bonchev–Trinajstić information content (AvgIpc) is 2.78. The lowest BCUT2D eigenvalue weighted by Crippen LogP contribution is -2.19. The molecule has 0 unspecified atom stereocenters. The monoisotopic (exact) mass is 206 g/mol. The number of benzene rings is 1. The van der Waals surface area contributed by atoms with Gasteiger partial charge in [-0.1, -0.05) is 30.3 Å². The van der Waals surface area contributed by atoms with Crippen molar-refractivity contribution in [2.45, 2.75) is 12.5 Å². The molecule has 80 valence electrons. The number of hydrogen-bond acceptors (Lipinski definition) is 3. The lowest BCUT2D eigenvalue weighted by atomic mass is 9.95. The van der Waals surface area contributed by atoms with E-state index in [4.69, 9.17) is 9.47 Å². The minimum atomic E-state index is -0.179. The zero-order valence-corrected chi connectivity index (χ0v) is 8.68. The topological polar surface area (TPSA) is 35.5 Å². The van der Waals surface area contributed by atoms with Crippen LogP contribution in [0.1, 0.15) is 18.1 Å². The molecule has 1 fully saturated rings. The number of methoxy groups -OCH3 is 1. The van der Waals surface area contributed by atoms with Gasteiger partial charge in [-0.2, -0.15) is 0 Å². The Morgan fingerprint density at radius 3 is 2.80 bits per heavy atom. The lowest BCUT2D eigenvalue weighted by Gasteiger charge is -2.16. The number of esters is 1.